The van der Waals surface area contributed by atoms with Crippen molar-refractivity contribution in [1.29, 1.82) is 0 Å². The van der Waals surface area contributed by atoms with Gasteiger partial charge in [0.05, 0.1) is 18.2 Å². The molecule has 2 fully saturated rings. The van der Waals surface area contributed by atoms with E-state index in [1.807, 2.05) is 6.26 Å². The van der Waals surface area contributed by atoms with Gasteiger partial charge in [0.15, 0.2) is 0 Å². The Morgan fingerprint density at radius 1 is 1.22 bits per heavy atom. The zero-order valence-corrected chi connectivity index (χ0v) is 14.9. The van der Waals surface area contributed by atoms with Gasteiger partial charge in [-0.25, -0.2) is 0 Å². The number of rotatable bonds is 9. The second-order valence-corrected chi connectivity index (χ2v) is 8.15. The molecule has 2 rings (SSSR count). The maximum absolute atomic E-state index is 12.3. The Morgan fingerprint density at radius 3 is 2.43 bits per heavy atom. The number of aliphatic hydroxyl groups is 2. The molecule has 6 heteroatoms. The zero-order valence-electron chi connectivity index (χ0n) is 14.1. The first-order valence-electron chi connectivity index (χ1n) is 8.94. The van der Waals surface area contributed by atoms with Crippen LogP contribution in [0.25, 0.3) is 0 Å². The summed E-state index contributed by atoms with van der Waals surface area (Å²) in [7, 11) is 0. The van der Waals surface area contributed by atoms with Gasteiger partial charge in [-0.2, -0.15) is 11.8 Å². The largest absolute Gasteiger partial charge is 0.390 e. The number of thioether (sulfide) groups is 1. The van der Waals surface area contributed by atoms with E-state index in [1.165, 1.54) is 31.0 Å². The molecule has 0 saturated heterocycles. The number of carbonyl (C=O) groups is 1. The van der Waals surface area contributed by atoms with Gasteiger partial charge in [0.2, 0.25) is 5.91 Å². The van der Waals surface area contributed by atoms with E-state index in [1.54, 1.807) is 0 Å². The molecule has 0 aromatic heterocycles. The van der Waals surface area contributed by atoms with Crippen LogP contribution in [0.15, 0.2) is 0 Å². The third-order valence-electron chi connectivity index (χ3n) is 5.19. The molecule has 2 aliphatic carbocycles. The smallest absolute Gasteiger partial charge is 0.238 e. The van der Waals surface area contributed by atoms with E-state index in [0.29, 0.717) is 11.7 Å². The number of hydrogen-bond donors (Lipinski definition) is 4. The lowest BCUT2D eigenvalue weighted by atomic mass is 9.82. The van der Waals surface area contributed by atoms with E-state index in [0.717, 1.165) is 32.1 Å². The molecular formula is C17H32N2O3S. The summed E-state index contributed by atoms with van der Waals surface area (Å²) in [5.41, 5.74) is 5.88. The topological polar surface area (TPSA) is 95.6 Å². The van der Waals surface area contributed by atoms with Crippen molar-refractivity contribution in [3.8, 4) is 0 Å². The van der Waals surface area contributed by atoms with Crippen molar-refractivity contribution < 1.29 is 15.0 Å². The molecule has 1 unspecified atom stereocenters. The second-order valence-electron chi connectivity index (χ2n) is 7.24. The van der Waals surface area contributed by atoms with Crippen LogP contribution in [0.5, 0.6) is 0 Å². The van der Waals surface area contributed by atoms with Gasteiger partial charge in [-0.05, 0) is 37.4 Å². The lowest BCUT2D eigenvalue weighted by Crippen LogP contribution is -2.54. The summed E-state index contributed by atoms with van der Waals surface area (Å²) in [4.78, 5) is 12.3. The molecule has 0 radical (unpaired) electrons. The summed E-state index contributed by atoms with van der Waals surface area (Å²) < 4.78 is 0. The molecule has 0 bridgehead atoms. The lowest BCUT2D eigenvalue weighted by Gasteiger charge is -2.33. The molecule has 5 N–H and O–H groups in total. The third kappa shape index (κ3) is 5.93. The highest BCUT2D eigenvalue weighted by atomic mass is 32.2. The summed E-state index contributed by atoms with van der Waals surface area (Å²) in [5, 5.41) is 23.8. The molecule has 5 nitrogen and oxygen atoms in total. The Hall–Kier alpha value is -0.300. The molecule has 2 saturated carbocycles. The quantitative estimate of drug-likeness (QED) is 0.505. The molecule has 0 heterocycles. The molecule has 0 spiro atoms. The lowest BCUT2D eigenvalue weighted by molar-refractivity contribution is -0.124. The summed E-state index contributed by atoms with van der Waals surface area (Å²) in [6.45, 7) is 0. The van der Waals surface area contributed by atoms with Gasteiger partial charge in [-0.1, -0.05) is 32.1 Å². The SMILES string of the molecule is CSCC(N)C(=O)N[C@@H](CC1CCCCC1)[C@@H](O)[C@@H](O)C1CC1. The van der Waals surface area contributed by atoms with Crippen LogP contribution < -0.4 is 11.1 Å². The Kier molecular flexibility index (Phi) is 7.66. The number of nitrogens with one attached hydrogen (secondary N) is 1. The van der Waals surface area contributed by atoms with Crippen molar-refractivity contribution in [2.75, 3.05) is 12.0 Å². The number of nitrogens with two attached hydrogens (primary N) is 1. The minimum absolute atomic E-state index is 0.190. The van der Waals surface area contributed by atoms with E-state index in [-0.39, 0.29) is 11.8 Å². The molecule has 1 amide bonds. The van der Waals surface area contributed by atoms with Gasteiger partial charge >= 0.3 is 0 Å². The fraction of sp³-hybridized carbons (Fsp3) is 0.941. The first-order valence-corrected chi connectivity index (χ1v) is 10.3. The van der Waals surface area contributed by atoms with Crippen LogP contribution >= 0.6 is 11.8 Å². The summed E-state index contributed by atoms with van der Waals surface area (Å²) >= 11 is 1.53. The van der Waals surface area contributed by atoms with Gasteiger partial charge in [-0.15, -0.1) is 0 Å². The van der Waals surface area contributed by atoms with Crippen LogP contribution in [0.2, 0.25) is 0 Å². The number of aliphatic hydroxyl groups excluding tert-OH is 2. The van der Waals surface area contributed by atoms with Crippen molar-refractivity contribution in [2.24, 2.45) is 17.6 Å². The van der Waals surface area contributed by atoms with E-state index >= 15 is 0 Å². The van der Waals surface area contributed by atoms with E-state index in [9.17, 15) is 15.0 Å². The van der Waals surface area contributed by atoms with Crippen LogP contribution in [0.3, 0.4) is 0 Å². The molecule has 2 aliphatic rings. The van der Waals surface area contributed by atoms with Gasteiger partial charge in [0, 0.05) is 5.75 Å². The Morgan fingerprint density at radius 2 is 1.87 bits per heavy atom. The Bertz CT molecular complexity index is 373. The molecule has 4 atom stereocenters. The van der Waals surface area contributed by atoms with Gasteiger partial charge in [0.25, 0.3) is 0 Å². The minimum atomic E-state index is -0.894. The minimum Gasteiger partial charge on any atom is -0.390 e. The highest BCUT2D eigenvalue weighted by molar-refractivity contribution is 7.98. The van der Waals surface area contributed by atoms with Crippen LogP contribution in [0, 0.1) is 11.8 Å². The fourth-order valence-corrected chi connectivity index (χ4v) is 4.08. The first kappa shape index (κ1) is 19.0. The molecule has 23 heavy (non-hydrogen) atoms. The van der Waals surface area contributed by atoms with E-state index < -0.39 is 24.3 Å². The highest BCUT2D eigenvalue weighted by Crippen LogP contribution is 2.36. The molecule has 0 aromatic carbocycles. The maximum Gasteiger partial charge on any atom is 0.238 e. The Labute approximate surface area is 143 Å². The van der Waals surface area contributed by atoms with Crippen molar-refractivity contribution >= 4 is 17.7 Å². The average molecular weight is 345 g/mol. The highest BCUT2D eigenvalue weighted by Gasteiger charge is 2.39. The normalized spacial score (nSPS) is 24.7. The second kappa shape index (κ2) is 9.25. The zero-order chi connectivity index (χ0) is 16.8. The van der Waals surface area contributed by atoms with Crippen LogP contribution in [0.1, 0.15) is 51.4 Å². The van der Waals surface area contributed by atoms with Crippen molar-refractivity contribution in [1.82, 2.24) is 5.32 Å². The van der Waals surface area contributed by atoms with E-state index in [2.05, 4.69) is 5.32 Å². The predicted molar refractivity (Wildman–Crippen MR) is 94.2 cm³/mol. The summed E-state index contributed by atoms with van der Waals surface area (Å²) in [6.07, 6.45) is 8.97. The summed E-state index contributed by atoms with van der Waals surface area (Å²) in [5.74, 6) is 1.05. The van der Waals surface area contributed by atoms with Gasteiger partial charge < -0.3 is 21.3 Å². The number of amides is 1. The number of carbonyl (C=O) groups excluding carboxylic acids is 1. The molecule has 134 valence electrons. The van der Waals surface area contributed by atoms with Crippen LogP contribution in [-0.2, 0) is 4.79 Å². The van der Waals surface area contributed by atoms with Crippen LogP contribution in [0.4, 0.5) is 0 Å². The Balaban J connectivity index is 1.95. The van der Waals surface area contributed by atoms with Crippen molar-refractivity contribution in [2.45, 2.75) is 75.7 Å². The summed E-state index contributed by atoms with van der Waals surface area (Å²) in [6, 6.07) is -0.960. The fourth-order valence-electron chi connectivity index (χ4n) is 3.57. The standard InChI is InChI=1S/C17H32N2O3S/c1-23-10-13(18)17(22)19-14(9-11-5-3-2-4-6-11)16(21)15(20)12-7-8-12/h11-16,20-21H,2-10,18H2,1H3,(H,19,22)/t13?,14-,15-,16+/m0/s1. The maximum atomic E-state index is 12.3. The van der Waals surface area contributed by atoms with Crippen molar-refractivity contribution in [3.63, 3.8) is 0 Å². The monoisotopic (exact) mass is 344 g/mol. The molecular weight excluding hydrogens is 312 g/mol. The first-order chi connectivity index (χ1) is 11.0. The van der Waals surface area contributed by atoms with Gasteiger partial charge in [-0.3, -0.25) is 4.79 Å². The van der Waals surface area contributed by atoms with Crippen molar-refractivity contribution in [3.05, 3.63) is 0 Å². The number of hydrogen-bond acceptors (Lipinski definition) is 5. The van der Waals surface area contributed by atoms with E-state index in [4.69, 9.17) is 5.73 Å². The van der Waals surface area contributed by atoms with Crippen LogP contribution in [-0.4, -0.2) is 52.4 Å². The average Bonchev–Trinajstić information content (AvgIpc) is 3.39. The van der Waals surface area contributed by atoms with Gasteiger partial charge in [0.1, 0.15) is 6.10 Å². The molecule has 0 aliphatic heterocycles. The molecule has 0 aromatic rings. The third-order valence-corrected chi connectivity index (χ3v) is 5.88. The predicted octanol–water partition coefficient (Wildman–Crippen LogP) is 1.26.